The van der Waals surface area contributed by atoms with Gasteiger partial charge in [0.1, 0.15) is 6.04 Å². The Kier molecular flexibility index (Phi) is 3.49. The SMILES string of the molecule is CCCS(=O)(=O)N1CCC[C@@H]1C(=O)O. The number of carboxylic acids is 1. The van der Waals surface area contributed by atoms with Crippen molar-refractivity contribution in [2.45, 2.75) is 32.2 Å². The number of hydrogen-bond acceptors (Lipinski definition) is 3. The first-order valence-corrected chi connectivity index (χ1v) is 6.32. The Balaban J connectivity index is 2.81. The second-order valence-electron chi connectivity index (χ2n) is 3.42. The van der Waals surface area contributed by atoms with Crippen molar-refractivity contribution in [3.63, 3.8) is 0 Å². The molecule has 1 aliphatic heterocycles. The molecule has 1 heterocycles. The molecule has 6 heteroatoms. The molecule has 1 atom stereocenters. The van der Waals surface area contributed by atoms with Crippen molar-refractivity contribution < 1.29 is 18.3 Å². The zero-order valence-corrected chi connectivity index (χ0v) is 8.96. The molecule has 1 fully saturated rings. The Labute approximate surface area is 83.8 Å². The predicted octanol–water partition coefficient (Wildman–Crippen LogP) is 0.275. The Morgan fingerprint density at radius 1 is 1.57 bits per heavy atom. The molecule has 0 unspecified atom stereocenters. The summed E-state index contributed by atoms with van der Waals surface area (Å²) in [5, 5.41) is 8.81. The lowest BCUT2D eigenvalue weighted by Gasteiger charge is -2.20. The van der Waals surface area contributed by atoms with Crippen LogP contribution in [0.2, 0.25) is 0 Å². The van der Waals surface area contributed by atoms with Gasteiger partial charge in [0.25, 0.3) is 0 Å². The summed E-state index contributed by atoms with van der Waals surface area (Å²) in [6.45, 7) is 2.11. The van der Waals surface area contributed by atoms with Crippen molar-refractivity contribution in [3.8, 4) is 0 Å². The first kappa shape index (κ1) is 11.5. The number of carboxylic acid groups (broad SMARTS) is 1. The fourth-order valence-electron chi connectivity index (χ4n) is 1.70. The van der Waals surface area contributed by atoms with Crippen molar-refractivity contribution in [1.29, 1.82) is 0 Å². The van der Waals surface area contributed by atoms with Crippen LogP contribution < -0.4 is 0 Å². The summed E-state index contributed by atoms with van der Waals surface area (Å²) in [5.41, 5.74) is 0. The van der Waals surface area contributed by atoms with Gasteiger partial charge in [-0.25, -0.2) is 8.42 Å². The molecule has 0 spiro atoms. The molecule has 1 saturated heterocycles. The number of rotatable bonds is 4. The van der Waals surface area contributed by atoms with Crippen molar-refractivity contribution >= 4 is 16.0 Å². The lowest BCUT2D eigenvalue weighted by atomic mass is 10.2. The molecule has 0 bridgehead atoms. The fraction of sp³-hybridized carbons (Fsp3) is 0.875. The van der Waals surface area contributed by atoms with Crippen molar-refractivity contribution in [2.75, 3.05) is 12.3 Å². The molecule has 0 amide bonds. The summed E-state index contributed by atoms with van der Waals surface area (Å²) in [6.07, 6.45) is 1.59. The predicted molar refractivity (Wildman–Crippen MR) is 51.4 cm³/mol. The number of hydrogen-bond donors (Lipinski definition) is 1. The highest BCUT2D eigenvalue weighted by Crippen LogP contribution is 2.21. The van der Waals surface area contributed by atoms with Crippen LogP contribution in [0, 0.1) is 0 Å². The van der Waals surface area contributed by atoms with Crippen LogP contribution >= 0.6 is 0 Å². The minimum absolute atomic E-state index is 0.0385. The zero-order chi connectivity index (χ0) is 10.8. The topological polar surface area (TPSA) is 74.7 Å². The van der Waals surface area contributed by atoms with E-state index < -0.39 is 22.0 Å². The first-order valence-electron chi connectivity index (χ1n) is 4.71. The minimum atomic E-state index is -3.35. The van der Waals surface area contributed by atoms with Crippen LogP contribution in [-0.2, 0) is 14.8 Å². The van der Waals surface area contributed by atoms with Gasteiger partial charge in [-0.2, -0.15) is 4.31 Å². The molecule has 0 aliphatic carbocycles. The highest BCUT2D eigenvalue weighted by molar-refractivity contribution is 7.89. The van der Waals surface area contributed by atoms with E-state index in [1.54, 1.807) is 6.92 Å². The Bertz CT molecular complexity index is 311. The summed E-state index contributed by atoms with van der Waals surface area (Å²) >= 11 is 0. The van der Waals surface area contributed by atoms with E-state index in [0.717, 1.165) is 4.31 Å². The van der Waals surface area contributed by atoms with E-state index in [1.165, 1.54) is 0 Å². The zero-order valence-electron chi connectivity index (χ0n) is 8.14. The number of nitrogens with zero attached hydrogens (tertiary/aromatic N) is 1. The Hall–Kier alpha value is -0.620. The third-order valence-corrected chi connectivity index (χ3v) is 4.38. The molecule has 0 saturated carbocycles. The monoisotopic (exact) mass is 221 g/mol. The summed E-state index contributed by atoms with van der Waals surface area (Å²) in [4.78, 5) is 10.8. The highest BCUT2D eigenvalue weighted by atomic mass is 32.2. The lowest BCUT2D eigenvalue weighted by Crippen LogP contribution is -2.41. The smallest absolute Gasteiger partial charge is 0.322 e. The molecule has 5 nitrogen and oxygen atoms in total. The summed E-state index contributed by atoms with van der Waals surface area (Å²) < 4.78 is 24.3. The molecular weight excluding hydrogens is 206 g/mol. The maximum atomic E-state index is 11.6. The molecule has 0 aromatic rings. The average molecular weight is 221 g/mol. The van der Waals surface area contributed by atoms with Gasteiger partial charge in [-0.1, -0.05) is 6.92 Å². The van der Waals surface area contributed by atoms with Crippen LogP contribution in [0.15, 0.2) is 0 Å². The number of sulfonamides is 1. The maximum Gasteiger partial charge on any atom is 0.322 e. The van der Waals surface area contributed by atoms with Gasteiger partial charge >= 0.3 is 5.97 Å². The van der Waals surface area contributed by atoms with Gasteiger partial charge in [-0.05, 0) is 19.3 Å². The molecule has 82 valence electrons. The van der Waals surface area contributed by atoms with Gasteiger partial charge in [0.2, 0.25) is 10.0 Å². The van der Waals surface area contributed by atoms with Crippen molar-refractivity contribution in [2.24, 2.45) is 0 Å². The normalized spacial score (nSPS) is 23.9. The summed E-state index contributed by atoms with van der Waals surface area (Å²) in [5.74, 6) is -1.00. The van der Waals surface area contributed by atoms with Gasteiger partial charge in [0, 0.05) is 6.54 Å². The van der Waals surface area contributed by atoms with E-state index in [4.69, 9.17) is 5.11 Å². The van der Waals surface area contributed by atoms with E-state index in [1.807, 2.05) is 0 Å². The van der Waals surface area contributed by atoms with E-state index in [2.05, 4.69) is 0 Å². The number of carbonyl (C=O) groups is 1. The van der Waals surface area contributed by atoms with E-state index in [-0.39, 0.29) is 5.75 Å². The lowest BCUT2D eigenvalue weighted by molar-refractivity contribution is -0.140. The largest absolute Gasteiger partial charge is 0.480 e. The standard InChI is InChI=1S/C8H15NO4S/c1-2-6-14(12,13)9-5-3-4-7(9)8(10)11/h7H,2-6H2,1H3,(H,10,11)/t7-/m1/s1. The number of aliphatic carboxylic acids is 1. The molecule has 0 aromatic heterocycles. The van der Waals surface area contributed by atoms with Gasteiger partial charge in [0.15, 0.2) is 0 Å². The van der Waals surface area contributed by atoms with Crippen LogP contribution in [0.5, 0.6) is 0 Å². The summed E-state index contributed by atoms with van der Waals surface area (Å²) in [6, 6.07) is -0.841. The molecule has 1 N–H and O–H groups in total. The molecule has 1 rings (SSSR count). The summed E-state index contributed by atoms with van der Waals surface area (Å²) in [7, 11) is -3.35. The van der Waals surface area contributed by atoms with E-state index in [0.29, 0.717) is 25.8 Å². The highest BCUT2D eigenvalue weighted by Gasteiger charge is 2.37. The van der Waals surface area contributed by atoms with E-state index in [9.17, 15) is 13.2 Å². The average Bonchev–Trinajstić information content (AvgIpc) is 2.51. The molecule has 0 radical (unpaired) electrons. The first-order chi connectivity index (χ1) is 6.49. The van der Waals surface area contributed by atoms with Gasteiger partial charge in [0.05, 0.1) is 5.75 Å². The molecule has 14 heavy (non-hydrogen) atoms. The van der Waals surface area contributed by atoms with Crippen LogP contribution in [0.4, 0.5) is 0 Å². The van der Waals surface area contributed by atoms with Crippen LogP contribution in [0.3, 0.4) is 0 Å². The van der Waals surface area contributed by atoms with Gasteiger partial charge in [-0.15, -0.1) is 0 Å². The molecule has 1 aliphatic rings. The fourth-order valence-corrected chi connectivity index (χ4v) is 3.44. The molecular formula is C8H15NO4S. The quantitative estimate of drug-likeness (QED) is 0.739. The Morgan fingerprint density at radius 2 is 2.21 bits per heavy atom. The third-order valence-electron chi connectivity index (χ3n) is 2.31. The van der Waals surface area contributed by atoms with Crippen LogP contribution in [0.25, 0.3) is 0 Å². The molecule has 0 aromatic carbocycles. The van der Waals surface area contributed by atoms with Gasteiger partial charge < -0.3 is 5.11 Å². The van der Waals surface area contributed by atoms with Crippen LogP contribution in [-0.4, -0.2) is 42.1 Å². The maximum absolute atomic E-state index is 11.6. The van der Waals surface area contributed by atoms with Crippen molar-refractivity contribution in [3.05, 3.63) is 0 Å². The minimum Gasteiger partial charge on any atom is -0.480 e. The third kappa shape index (κ3) is 2.24. The van der Waals surface area contributed by atoms with Crippen LogP contribution in [0.1, 0.15) is 26.2 Å². The second-order valence-corrected chi connectivity index (χ2v) is 5.46. The van der Waals surface area contributed by atoms with Gasteiger partial charge in [-0.3, -0.25) is 4.79 Å². The second kappa shape index (κ2) is 4.27. The Morgan fingerprint density at radius 3 is 2.71 bits per heavy atom. The van der Waals surface area contributed by atoms with E-state index >= 15 is 0 Å². The van der Waals surface area contributed by atoms with Crippen molar-refractivity contribution in [1.82, 2.24) is 4.31 Å².